The van der Waals surface area contributed by atoms with E-state index in [4.69, 9.17) is 19.3 Å². The topological polar surface area (TPSA) is 77.0 Å². The molecular formula is C12H17NO5. The molecule has 0 aliphatic heterocycles. The molecule has 0 heterocycles. The first-order valence-electron chi connectivity index (χ1n) is 5.32. The lowest BCUT2D eigenvalue weighted by atomic mass is 10.1. The maximum absolute atomic E-state index is 11.0. The lowest BCUT2D eigenvalue weighted by Gasteiger charge is -2.14. The fraction of sp³-hybridized carbons (Fsp3) is 0.417. The predicted octanol–water partition coefficient (Wildman–Crippen LogP) is 0.321. The van der Waals surface area contributed by atoms with Gasteiger partial charge in [0.2, 0.25) is 11.7 Å². The quantitative estimate of drug-likeness (QED) is 0.765. The van der Waals surface area contributed by atoms with Crippen molar-refractivity contribution in [3.8, 4) is 17.2 Å². The zero-order valence-electron chi connectivity index (χ0n) is 10.6. The maximum Gasteiger partial charge on any atom is 0.245 e. The van der Waals surface area contributed by atoms with Crippen molar-refractivity contribution in [2.75, 3.05) is 27.9 Å². The van der Waals surface area contributed by atoms with Crippen LogP contribution in [-0.2, 0) is 11.3 Å². The van der Waals surface area contributed by atoms with E-state index in [0.29, 0.717) is 17.2 Å². The summed E-state index contributed by atoms with van der Waals surface area (Å²) >= 11 is 0. The average molecular weight is 255 g/mol. The number of aliphatic hydroxyl groups is 1. The van der Waals surface area contributed by atoms with Gasteiger partial charge in [0, 0.05) is 6.54 Å². The number of carbonyl (C=O) groups excluding carboxylic acids is 1. The van der Waals surface area contributed by atoms with Gasteiger partial charge in [0.15, 0.2) is 11.5 Å². The third-order valence-corrected chi connectivity index (χ3v) is 2.36. The second kappa shape index (κ2) is 6.70. The molecule has 0 bridgehead atoms. The largest absolute Gasteiger partial charge is 0.493 e. The van der Waals surface area contributed by atoms with E-state index in [1.165, 1.54) is 21.3 Å². The average Bonchev–Trinajstić information content (AvgIpc) is 2.43. The SMILES string of the molecule is COc1cc(CNC(=O)CO)cc(OC)c1OC. The monoisotopic (exact) mass is 255 g/mol. The van der Waals surface area contributed by atoms with Gasteiger partial charge in [-0.1, -0.05) is 0 Å². The Bertz CT molecular complexity index is 394. The van der Waals surface area contributed by atoms with Crippen LogP contribution < -0.4 is 19.5 Å². The first kappa shape index (κ1) is 14.1. The van der Waals surface area contributed by atoms with Crippen LogP contribution in [-0.4, -0.2) is 38.9 Å². The van der Waals surface area contributed by atoms with E-state index in [-0.39, 0.29) is 6.54 Å². The van der Waals surface area contributed by atoms with Crippen molar-refractivity contribution in [2.45, 2.75) is 6.54 Å². The number of carbonyl (C=O) groups is 1. The first-order valence-corrected chi connectivity index (χ1v) is 5.32. The van der Waals surface area contributed by atoms with E-state index < -0.39 is 12.5 Å². The molecule has 2 N–H and O–H groups in total. The highest BCUT2D eigenvalue weighted by Crippen LogP contribution is 2.38. The summed E-state index contributed by atoms with van der Waals surface area (Å²) in [5.74, 6) is 1.09. The fourth-order valence-corrected chi connectivity index (χ4v) is 1.49. The van der Waals surface area contributed by atoms with Crippen molar-refractivity contribution in [3.05, 3.63) is 17.7 Å². The van der Waals surface area contributed by atoms with Gasteiger partial charge in [-0.05, 0) is 17.7 Å². The van der Waals surface area contributed by atoms with Gasteiger partial charge in [-0.25, -0.2) is 0 Å². The summed E-state index contributed by atoms with van der Waals surface area (Å²) in [7, 11) is 4.56. The summed E-state index contributed by atoms with van der Waals surface area (Å²) in [6.45, 7) is -0.263. The number of rotatable bonds is 6. The van der Waals surface area contributed by atoms with Gasteiger partial charge in [-0.2, -0.15) is 0 Å². The predicted molar refractivity (Wildman–Crippen MR) is 65.0 cm³/mol. The van der Waals surface area contributed by atoms with Gasteiger partial charge in [0.05, 0.1) is 21.3 Å². The molecule has 6 heteroatoms. The molecule has 1 rings (SSSR count). The maximum atomic E-state index is 11.0. The van der Waals surface area contributed by atoms with Crippen LogP contribution in [0.3, 0.4) is 0 Å². The zero-order valence-corrected chi connectivity index (χ0v) is 10.6. The number of aliphatic hydroxyl groups excluding tert-OH is 1. The molecule has 0 aliphatic carbocycles. The molecule has 1 aromatic rings. The van der Waals surface area contributed by atoms with E-state index in [2.05, 4.69) is 5.32 Å². The molecule has 6 nitrogen and oxygen atoms in total. The Labute approximate surface area is 105 Å². The highest BCUT2D eigenvalue weighted by Gasteiger charge is 2.13. The third kappa shape index (κ3) is 3.27. The Morgan fingerprint density at radius 1 is 1.17 bits per heavy atom. The lowest BCUT2D eigenvalue weighted by molar-refractivity contribution is -0.123. The van der Waals surface area contributed by atoms with Gasteiger partial charge < -0.3 is 24.6 Å². The van der Waals surface area contributed by atoms with Crippen LogP contribution >= 0.6 is 0 Å². The van der Waals surface area contributed by atoms with Gasteiger partial charge in [0.25, 0.3) is 0 Å². The highest BCUT2D eigenvalue weighted by molar-refractivity contribution is 5.76. The second-order valence-corrected chi connectivity index (χ2v) is 3.47. The highest BCUT2D eigenvalue weighted by atomic mass is 16.5. The molecule has 100 valence electrons. The number of amides is 1. The lowest BCUT2D eigenvalue weighted by Crippen LogP contribution is -2.25. The van der Waals surface area contributed by atoms with Crippen molar-refractivity contribution < 1.29 is 24.1 Å². The Kier molecular flexibility index (Phi) is 5.26. The molecule has 0 radical (unpaired) electrons. The Balaban J connectivity index is 2.96. The summed E-state index contributed by atoms with van der Waals surface area (Å²) in [5.41, 5.74) is 0.784. The molecule has 1 amide bonds. The van der Waals surface area contributed by atoms with E-state index >= 15 is 0 Å². The van der Waals surface area contributed by atoms with E-state index in [9.17, 15) is 4.79 Å². The first-order chi connectivity index (χ1) is 8.65. The van der Waals surface area contributed by atoms with Crippen LogP contribution in [0.5, 0.6) is 17.2 Å². The van der Waals surface area contributed by atoms with Gasteiger partial charge in [0.1, 0.15) is 6.61 Å². The van der Waals surface area contributed by atoms with Gasteiger partial charge >= 0.3 is 0 Å². The van der Waals surface area contributed by atoms with Crippen LogP contribution in [0.1, 0.15) is 5.56 Å². The smallest absolute Gasteiger partial charge is 0.245 e. The summed E-state index contributed by atoms with van der Waals surface area (Å²) in [4.78, 5) is 11.0. The summed E-state index contributed by atoms with van der Waals surface area (Å²) < 4.78 is 15.6. The van der Waals surface area contributed by atoms with Crippen molar-refractivity contribution in [1.82, 2.24) is 5.32 Å². The van der Waals surface area contributed by atoms with Crippen LogP contribution in [0.15, 0.2) is 12.1 Å². The molecule has 0 aliphatic rings. The number of hydrogen-bond donors (Lipinski definition) is 2. The van der Waals surface area contributed by atoms with Crippen LogP contribution in [0, 0.1) is 0 Å². The Morgan fingerprint density at radius 2 is 1.72 bits per heavy atom. The third-order valence-electron chi connectivity index (χ3n) is 2.36. The van der Waals surface area contributed by atoms with Crippen molar-refractivity contribution in [2.24, 2.45) is 0 Å². The van der Waals surface area contributed by atoms with Crippen LogP contribution in [0.25, 0.3) is 0 Å². The number of hydrogen-bond acceptors (Lipinski definition) is 5. The van der Waals surface area contributed by atoms with Crippen molar-refractivity contribution in [3.63, 3.8) is 0 Å². The summed E-state index contributed by atoms with van der Waals surface area (Å²) in [6, 6.07) is 3.47. The fourth-order valence-electron chi connectivity index (χ4n) is 1.49. The number of methoxy groups -OCH3 is 3. The standard InChI is InChI=1S/C12H17NO5/c1-16-9-4-8(6-13-11(15)7-14)5-10(17-2)12(9)18-3/h4-5,14H,6-7H2,1-3H3,(H,13,15). The molecule has 0 aromatic heterocycles. The molecule has 0 unspecified atom stereocenters. The van der Waals surface area contributed by atoms with Crippen molar-refractivity contribution in [1.29, 1.82) is 0 Å². The summed E-state index contributed by atoms with van der Waals surface area (Å²) in [6.07, 6.45) is 0. The molecule has 0 spiro atoms. The number of ether oxygens (including phenoxy) is 3. The van der Waals surface area contributed by atoms with E-state index in [1.807, 2.05) is 0 Å². The molecule has 18 heavy (non-hydrogen) atoms. The van der Waals surface area contributed by atoms with E-state index in [1.54, 1.807) is 12.1 Å². The van der Waals surface area contributed by atoms with Crippen molar-refractivity contribution >= 4 is 5.91 Å². The minimum Gasteiger partial charge on any atom is -0.493 e. The summed E-state index contributed by atoms with van der Waals surface area (Å²) in [5, 5.41) is 11.2. The molecule has 0 saturated carbocycles. The Morgan fingerprint density at radius 3 is 2.11 bits per heavy atom. The molecule has 0 saturated heterocycles. The number of benzene rings is 1. The van der Waals surface area contributed by atoms with E-state index in [0.717, 1.165) is 5.56 Å². The van der Waals surface area contributed by atoms with Gasteiger partial charge in [-0.15, -0.1) is 0 Å². The van der Waals surface area contributed by atoms with Gasteiger partial charge in [-0.3, -0.25) is 4.79 Å². The molecule has 0 fully saturated rings. The van der Waals surface area contributed by atoms with Crippen LogP contribution in [0.4, 0.5) is 0 Å². The minimum absolute atomic E-state index is 0.274. The minimum atomic E-state index is -0.537. The Hall–Kier alpha value is -1.95. The normalized spacial score (nSPS) is 9.78. The van der Waals surface area contributed by atoms with Crippen LogP contribution in [0.2, 0.25) is 0 Å². The molecular weight excluding hydrogens is 238 g/mol. The molecule has 1 aromatic carbocycles. The number of nitrogens with one attached hydrogen (secondary N) is 1. The second-order valence-electron chi connectivity index (χ2n) is 3.47. The molecule has 0 atom stereocenters. The zero-order chi connectivity index (χ0) is 13.5.